The van der Waals surface area contributed by atoms with Gasteiger partial charge in [0.25, 0.3) is 0 Å². The van der Waals surface area contributed by atoms with Crippen molar-refractivity contribution in [2.45, 2.75) is 0 Å². The molecule has 0 fully saturated rings. The molecule has 0 unspecified atom stereocenters. The normalized spacial score (nSPS) is 11.6. The Morgan fingerprint density at radius 1 is 0.295 bits per heavy atom. The van der Waals surface area contributed by atoms with Gasteiger partial charge in [-0.3, -0.25) is 0 Å². The summed E-state index contributed by atoms with van der Waals surface area (Å²) in [5, 5.41) is 21.9. The first-order valence-electron chi connectivity index (χ1n) is 20.8. The van der Waals surface area contributed by atoms with Crippen LogP contribution in [-0.2, 0) is 0 Å². The molecule has 12 aromatic rings. The van der Waals surface area contributed by atoms with Crippen LogP contribution in [0.1, 0.15) is 5.56 Å². The molecule has 2 heteroatoms. The lowest BCUT2D eigenvalue weighted by Gasteiger charge is -2.20. The van der Waals surface area contributed by atoms with Crippen molar-refractivity contribution < 1.29 is 0 Å². The molecule has 0 aliphatic carbocycles. The fourth-order valence-corrected chi connectivity index (χ4v) is 9.66. The quantitative estimate of drug-likeness (QED) is 0.160. The predicted octanol–water partition coefficient (Wildman–Crippen LogP) is 15.9. The molecular formula is C59H36N2. The van der Waals surface area contributed by atoms with Crippen LogP contribution in [0.2, 0.25) is 0 Å². The van der Waals surface area contributed by atoms with Gasteiger partial charge in [0.2, 0.25) is 0 Å². The Balaban J connectivity index is 1.17. The van der Waals surface area contributed by atoms with Gasteiger partial charge in [-0.2, -0.15) is 5.26 Å². The Bertz CT molecular complexity index is 3760. The summed E-state index contributed by atoms with van der Waals surface area (Å²) in [4.78, 5) is 0. The number of hydrogen-bond acceptors (Lipinski definition) is 1. The van der Waals surface area contributed by atoms with Crippen molar-refractivity contribution >= 4 is 64.9 Å². The molecule has 1 heterocycles. The molecule has 2 nitrogen and oxygen atoms in total. The summed E-state index contributed by atoms with van der Waals surface area (Å²) >= 11 is 0. The fraction of sp³-hybridized carbons (Fsp3) is 0. The van der Waals surface area contributed by atoms with E-state index in [-0.39, 0.29) is 0 Å². The fourth-order valence-electron chi connectivity index (χ4n) is 9.66. The Labute approximate surface area is 353 Å². The minimum atomic E-state index is 0.652. The van der Waals surface area contributed by atoms with Gasteiger partial charge in [-0.25, -0.2) is 0 Å². The molecule has 282 valence electrons. The van der Waals surface area contributed by atoms with Gasteiger partial charge < -0.3 is 4.57 Å². The number of fused-ring (bicyclic) bond motifs is 7. The van der Waals surface area contributed by atoms with E-state index in [0.717, 1.165) is 38.6 Å². The monoisotopic (exact) mass is 772 g/mol. The van der Waals surface area contributed by atoms with Gasteiger partial charge in [-0.15, -0.1) is 0 Å². The molecule has 61 heavy (non-hydrogen) atoms. The van der Waals surface area contributed by atoms with E-state index in [2.05, 4.69) is 211 Å². The van der Waals surface area contributed by atoms with E-state index in [9.17, 15) is 5.26 Å². The zero-order chi connectivity index (χ0) is 40.4. The van der Waals surface area contributed by atoms with Crippen LogP contribution in [0.3, 0.4) is 0 Å². The van der Waals surface area contributed by atoms with Crippen molar-refractivity contribution in [3.8, 4) is 56.3 Å². The van der Waals surface area contributed by atoms with Crippen LogP contribution < -0.4 is 0 Å². The molecule has 0 radical (unpaired) electrons. The Hall–Kier alpha value is -8.25. The first-order valence-corrected chi connectivity index (χ1v) is 20.8. The summed E-state index contributed by atoms with van der Waals surface area (Å²) in [5.41, 5.74) is 13.4. The third-order valence-electron chi connectivity index (χ3n) is 12.5. The lowest BCUT2D eigenvalue weighted by Crippen LogP contribution is -1.94. The molecule has 0 amide bonds. The maximum Gasteiger partial charge on any atom is 0.0991 e. The highest BCUT2D eigenvalue weighted by atomic mass is 15.0. The van der Waals surface area contributed by atoms with Gasteiger partial charge in [-0.05, 0) is 154 Å². The van der Waals surface area contributed by atoms with Crippen molar-refractivity contribution in [3.05, 3.63) is 224 Å². The van der Waals surface area contributed by atoms with E-state index in [1.165, 1.54) is 76.5 Å². The minimum absolute atomic E-state index is 0.652. The topological polar surface area (TPSA) is 28.7 Å². The van der Waals surface area contributed by atoms with Crippen LogP contribution in [-0.4, -0.2) is 4.57 Å². The van der Waals surface area contributed by atoms with Gasteiger partial charge in [0.1, 0.15) is 0 Å². The summed E-state index contributed by atoms with van der Waals surface area (Å²) in [6.07, 6.45) is 0. The maximum absolute atomic E-state index is 9.95. The smallest absolute Gasteiger partial charge is 0.0991 e. The number of nitriles is 1. The maximum atomic E-state index is 9.95. The first kappa shape index (κ1) is 34.8. The molecule has 1 aromatic heterocycles. The molecule has 11 aromatic carbocycles. The lowest BCUT2D eigenvalue weighted by molar-refractivity contribution is 1.18. The average molecular weight is 773 g/mol. The van der Waals surface area contributed by atoms with Crippen LogP contribution in [0.25, 0.3) is 115 Å². The highest BCUT2D eigenvalue weighted by Crippen LogP contribution is 2.47. The van der Waals surface area contributed by atoms with Crippen molar-refractivity contribution in [3.63, 3.8) is 0 Å². The van der Waals surface area contributed by atoms with Crippen LogP contribution in [0, 0.1) is 11.3 Å². The Kier molecular flexibility index (Phi) is 7.95. The molecule has 0 bridgehead atoms. The summed E-state index contributed by atoms with van der Waals surface area (Å²) in [6, 6.07) is 81.6. The van der Waals surface area contributed by atoms with E-state index >= 15 is 0 Å². The van der Waals surface area contributed by atoms with E-state index in [0.29, 0.717) is 5.56 Å². The number of aromatic nitrogens is 1. The molecule has 0 atom stereocenters. The second-order valence-electron chi connectivity index (χ2n) is 16.0. The van der Waals surface area contributed by atoms with Crippen LogP contribution in [0.15, 0.2) is 218 Å². The summed E-state index contributed by atoms with van der Waals surface area (Å²) in [7, 11) is 0. The Morgan fingerprint density at radius 3 is 1.31 bits per heavy atom. The molecule has 0 N–H and O–H groups in total. The molecule has 0 aliphatic rings. The van der Waals surface area contributed by atoms with Gasteiger partial charge in [0, 0.05) is 16.5 Å². The third-order valence-corrected chi connectivity index (χ3v) is 12.5. The van der Waals surface area contributed by atoms with Gasteiger partial charge in [0.05, 0.1) is 22.7 Å². The van der Waals surface area contributed by atoms with Crippen LogP contribution in [0.4, 0.5) is 0 Å². The predicted molar refractivity (Wildman–Crippen MR) is 257 cm³/mol. The zero-order valence-electron chi connectivity index (χ0n) is 33.2. The second kappa shape index (κ2) is 13.9. The number of rotatable bonds is 5. The number of nitrogens with zero attached hydrogens (tertiary/aromatic N) is 2. The molecule has 0 spiro atoms. The van der Waals surface area contributed by atoms with Crippen molar-refractivity contribution in [2.75, 3.05) is 0 Å². The third kappa shape index (κ3) is 5.71. The highest BCUT2D eigenvalue weighted by molar-refractivity contribution is 6.23. The van der Waals surface area contributed by atoms with Gasteiger partial charge in [-0.1, -0.05) is 152 Å². The first-order chi connectivity index (χ1) is 30.2. The van der Waals surface area contributed by atoms with Crippen LogP contribution >= 0.6 is 0 Å². The van der Waals surface area contributed by atoms with E-state index in [4.69, 9.17) is 0 Å². The molecule has 0 aliphatic heterocycles. The number of benzene rings is 11. The summed E-state index contributed by atoms with van der Waals surface area (Å²) in [5.74, 6) is 0. The van der Waals surface area contributed by atoms with Crippen LogP contribution in [0.5, 0.6) is 0 Å². The van der Waals surface area contributed by atoms with Crippen molar-refractivity contribution in [1.29, 1.82) is 5.26 Å². The van der Waals surface area contributed by atoms with E-state index in [1.54, 1.807) is 0 Å². The van der Waals surface area contributed by atoms with Gasteiger partial charge >= 0.3 is 0 Å². The Morgan fingerprint density at radius 2 is 0.738 bits per heavy atom. The van der Waals surface area contributed by atoms with E-state index in [1.807, 2.05) is 18.2 Å². The number of hydrogen-bond donors (Lipinski definition) is 0. The molecule has 0 saturated heterocycles. The standard InChI is InChI=1S/C59H36N2/c60-37-38-19-29-56-52(31-38)53-34-46(26-30-57(53)61(56)49-17-5-2-6-18-49)45-25-28-51-55(36-45)59(48-23-21-41-14-8-10-16-43(41)33-48)50-27-24-44(39-11-3-1-4-12-39)35-54(50)58(51)47-22-20-40-13-7-9-15-42(40)32-47/h1-36H. The summed E-state index contributed by atoms with van der Waals surface area (Å²) in [6.45, 7) is 0. The average Bonchev–Trinajstić information content (AvgIpc) is 3.66. The SMILES string of the molecule is N#Cc1ccc2c(c1)c1cc(-c3ccc4c(-c5ccc6ccccc6c5)c5cc(-c6ccccc6)ccc5c(-c5ccc6ccccc6c5)c4c3)ccc1n2-c1ccccc1. The highest BCUT2D eigenvalue weighted by Gasteiger charge is 2.20. The van der Waals surface area contributed by atoms with Crippen molar-refractivity contribution in [2.24, 2.45) is 0 Å². The number of para-hydroxylation sites is 1. The van der Waals surface area contributed by atoms with Crippen molar-refractivity contribution in [1.82, 2.24) is 4.57 Å². The van der Waals surface area contributed by atoms with E-state index < -0.39 is 0 Å². The minimum Gasteiger partial charge on any atom is -0.309 e. The van der Waals surface area contributed by atoms with Gasteiger partial charge in [0.15, 0.2) is 0 Å². The molecular weight excluding hydrogens is 737 g/mol. The summed E-state index contributed by atoms with van der Waals surface area (Å²) < 4.78 is 2.31. The molecule has 12 rings (SSSR count). The molecule has 0 saturated carbocycles. The zero-order valence-corrected chi connectivity index (χ0v) is 33.2. The second-order valence-corrected chi connectivity index (χ2v) is 16.0. The largest absolute Gasteiger partial charge is 0.309 e. The lowest BCUT2D eigenvalue weighted by atomic mass is 9.83.